The Morgan fingerprint density at radius 3 is 0.978 bits per heavy atom. The summed E-state index contributed by atoms with van der Waals surface area (Å²) >= 11 is 0. The van der Waals surface area contributed by atoms with E-state index in [1.807, 2.05) is 0 Å². The zero-order valence-corrected chi connectivity index (χ0v) is 32.3. The van der Waals surface area contributed by atoms with Crippen molar-refractivity contribution in [3.63, 3.8) is 0 Å². The van der Waals surface area contributed by atoms with Gasteiger partial charge in [0.15, 0.2) is 0 Å². The van der Waals surface area contributed by atoms with Crippen molar-refractivity contribution in [3.05, 3.63) is 24.3 Å². The Kier molecular flexibility index (Phi) is 43.1. The Morgan fingerprint density at radius 1 is 0.489 bits per heavy atom. The fourth-order valence-electron chi connectivity index (χ4n) is 4.91. The van der Waals surface area contributed by atoms with E-state index in [9.17, 15) is 9.59 Å². The molecular formula is C36H69NaO7S. The van der Waals surface area contributed by atoms with Crippen LogP contribution in [-0.2, 0) is 24.7 Å². The molecule has 0 aliphatic rings. The van der Waals surface area contributed by atoms with Crippen molar-refractivity contribution in [2.24, 2.45) is 0 Å². The quantitative estimate of drug-likeness (QED) is 0.0197. The average Bonchev–Trinajstić information content (AvgIpc) is 2.96. The van der Waals surface area contributed by atoms with E-state index in [0.29, 0.717) is 12.8 Å². The van der Waals surface area contributed by atoms with Crippen LogP contribution in [0.4, 0.5) is 0 Å². The third kappa shape index (κ3) is 53.3. The molecule has 0 fully saturated rings. The van der Waals surface area contributed by atoms with Crippen LogP contribution in [0.5, 0.6) is 0 Å². The van der Waals surface area contributed by atoms with E-state index in [-0.39, 0.29) is 42.9 Å². The summed E-state index contributed by atoms with van der Waals surface area (Å²) in [6.07, 6.45) is 42.2. The Balaban J connectivity index is -0.00000116. The topological polar surface area (TPSA) is 118 Å². The number of allylic oxidation sites excluding steroid dienone is 4. The van der Waals surface area contributed by atoms with Gasteiger partial charge < -0.3 is 6.16 Å². The molecule has 0 amide bonds. The molecule has 0 heterocycles. The van der Waals surface area contributed by atoms with Gasteiger partial charge >= 0.3 is 51.9 Å². The van der Waals surface area contributed by atoms with Crippen molar-refractivity contribution >= 4 is 22.3 Å². The van der Waals surface area contributed by atoms with Crippen LogP contribution in [0.15, 0.2) is 24.3 Å². The molecule has 7 nitrogen and oxygen atoms in total. The number of unbranched alkanes of at least 4 members (excludes halogenated alkanes) is 22. The van der Waals surface area contributed by atoms with Gasteiger partial charge in [0, 0.05) is 12.8 Å². The molecular weight excluding hydrogens is 599 g/mol. The van der Waals surface area contributed by atoms with Crippen molar-refractivity contribution in [2.75, 3.05) is 0 Å². The zero-order valence-electron chi connectivity index (χ0n) is 30.5. The first-order valence-electron chi connectivity index (χ1n) is 17.9. The normalized spacial score (nSPS) is 11.4. The molecule has 45 heavy (non-hydrogen) atoms. The summed E-state index contributed by atoms with van der Waals surface area (Å²) in [5.74, 6) is -0.684. The average molecular weight is 669 g/mol. The van der Waals surface area contributed by atoms with E-state index in [2.05, 4.69) is 38.2 Å². The summed E-state index contributed by atoms with van der Waals surface area (Å²) in [5.41, 5.74) is 0. The van der Waals surface area contributed by atoms with Crippen molar-refractivity contribution in [1.29, 1.82) is 0 Å². The molecule has 0 bridgehead atoms. The molecule has 0 aromatic heterocycles. The minimum Gasteiger partial charge on any atom is -1.00 e. The third-order valence-corrected chi connectivity index (χ3v) is 7.51. The third-order valence-electron chi connectivity index (χ3n) is 7.51. The monoisotopic (exact) mass is 668 g/mol. The molecule has 0 aromatic rings. The van der Waals surface area contributed by atoms with Crippen molar-refractivity contribution in [1.82, 2.24) is 0 Å². The number of hydrogen-bond acceptors (Lipinski definition) is 5. The number of carbonyl (C=O) groups is 2. The van der Waals surface area contributed by atoms with Gasteiger partial charge in [0.25, 0.3) is 0 Å². The number of carbonyl (C=O) groups excluding carboxylic acids is 2. The van der Waals surface area contributed by atoms with Crippen molar-refractivity contribution < 1.29 is 62.8 Å². The first-order valence-corrected chi connectivity index (χ1v) is 19.3. The minimum atomic E-state index is -4.67. The number of rotatable bonds is 30. The second-order valence-corrected chi connectivity index (χ2v) is 12.9. The smallest absolute Gasteiger partial charge is 1.00 e. The summed E-state index contributed by atoms with van der Waals surface area (Å²) in [6, 6.07) is 0. The maximum Gasteiger partial charge on any atom is 1.00 e. The van der Waals surface area contributed by atoms with Gasteiger partial charge in [0.2, 0.25) is 0 Å². The van der Waals surface area contributed by atoms with E-state index in [1.54, 1.807) is 0 Å². The summed E-state index contributed by atoms with van der Waals surface area (Å²) in [5, 5.41) is 0. The van der Waals surface area contributed by atoms with Gasteiger partial charge in [0.05, 0.1) is 0 Å². The Hall–Kier alpha value is -0.510. The Bertz CT molecular complexity index is 746. The van der Waals surface area contributed by atoms with Gasteiger partial charge in [-0.25, -0.2) is 0 Å². The van der Waals surface area contributed by atoms with E-state index in [0.717, 1.165) is 38.5 Å². The summed E-state index contributed by atoms with van der Waals surface area (Å²) < 4.78 is 36.6. The van der Waals surface area contributed by atoms with Gasteiger partial charge in [-0.2, -0.15) is 8.42 Å². The van der Waals surface area contributed by atoms with E-state index >= 15 is 0 Å². The van der Waals surface area contributed by atoms with Crippen LogP contribution >= 0.6 is 0 Å². The molecule has 0 spiro atoms. The predicted molar refractivity (Wildman–Crippen MR) is 185 cm³/mol. The van der Waals surface area contributed by atoms with Crippen molar-refractivity contribution in [2.45, 2.75) is 194 Å². The van der Waals surface area contributed by atoms with Crippen molar-refractivity contribution in [3.8, 4) is 0 Å². The SMILES string of the molecule is CCCCCCCCC=CCCCCCCCC(=O)OC(=O)CCCCCCC/C=C\CCCCCCCC.O=S(=O)(O)O.[H-].[Na+]. The van der Waals surface area contributed by atoms with Crippen LogP contribution in [0.25, 0.3) is 0 Å². The van der Waals surface area contributed by atoms with Gasteiger partial charge in [-0.15, -0.1) is 0 Å². The van der Waals surface area contributed by atoms with E-state index in [4.69, 9.17) is 22.3 Å². The molecule has 0 radical (unpaired) electrons. The second-order valence-electron chi connectivity index (χ2n) is 12.0. The predicted octanol–water partition coefficient (Wildman–Crippen LogP) is 8.59. The number of ether oxygens (including phenoxy) is 1. The molecule has 0 saturated carbocycles. The molecule has 0 aromatic carbocycles. The largest absolute Gasteiger partial charge is 1.00 e. The minimum absolute atomic E-state index is 0. The fraction of sp³-hybridized carbons (Fsp3) is 0.833. The number of hydrogen-bond donors (Lipinski definition) is 2. The fourth-order valence-corrected chi connectivity index (χ4v) is 4.91. The Morgan fingerprint density at radius 2 is 0.711 bits per heavy atom. The molecule has 0 aliphatic carbocycles. The van der Waals surface area contributed by atoms with Gasteiger partial charge in [-0.1, -0.05) is 141 Å². The summed E-state index contributed by atoms with van der Waals surface area (Å²) in [4.78, 5) is 23.8. The van der Waals surface area contributed by atoms with E-state index in [1.165, 1.54) is 128 Å². The molecule has 0 rings (SSSR count). The van der Waals surface area contributed by atoms with Crippen LogP contribution < -0.4 is 29.6 Å². The molecule has 262 valence electrons. The van der Waals surface area contributed by atoms with Crippen LogP contribution in [-0.4, -0.2) is 29.5 Å². The summed E-state index contributed by atoms with van der Waals surface area (Å²) in [6.45, 7) is 4.53. The van der Waals surface area contributed by atoms with Gasteiger partial charge in [-0.3, -0.25) is 18.7 Å². The summed E-state index contributed by atoms with van der Waals surface area (Å²) in [7, 11) is -4.67. The van der Waals surface area contributed by atoms with Crippen LogP contribution in [0.2, 0.25) is 0 Å². The number of esters is 2. The molecule has 0 aliphatic heterocycles. The first kappa shape index (κ1) is 48.9. The molecule has 0 saturated heterocycles. The maximum absolute atomic E-state index is 11.9. The van der Waals surface area contributed by atoms with Crippen LogP contribution in [0.1, 0.15) is 195 Å². The standard InChI is InChI=1S/C36H66O3.Na.H2O4S.H/c1-3-5-7-9-11-13-15-17-19-21-23-25-27-29-31-33-35(37)39-36(38)34-32-30-28-26-24-22-20-18-16-14-12-10-8-6-4-2;;1-5(2,3)4;/h17-20H,3-16,21-34H2,1-2H3;;(H2,1,2,3,4);/q;+1;;-1/b19-17-,20-18?;;;. The molecule has 0 unspecified atom stereocenters. The molecule has 0 atom stereocenters. The molecule has 2 N–H and O–H groups in total. The van der Waals surface area contributed by atoms with Gasteiger partial charge in [0.1, 0.15) is 0 Å². The van der Waals surface area contributed by atoms with Crippen LogP contribution in [0, 0.1) is 0 Å². The van der Waals surface area contributed by atoms with Crippen LogP contribution in [0.3, 0.4) is 0 Å². The zero-order chi connectivity index (χ0) is 33.0. The van der Waals surface area contributed by atoms with E-state index < -0.39 is 10.4 Å². The maximum atomic E-state index is 11.9. The van der Waals surface area contributed by atoms with Gasteiger partial charge in [-0.05, 0) is 64.2 Å². The Labute approximate surface area is 301 Å². The molecule has 9 heteroatoms. The second kappa shape index (κ2) is 39.7. The first-order chi connectivity index (χ1) is 21.2.